The lowest BCUT2D eigenvalue weighted by Gasteiger charge is -2.11. The monoisotopic (exact) mass is 303 g/mol. The zero-order chi connectivity index (χ0) is 14.0. The summed E-state index contributed by atoms with van der Waals surface area (Å²) < 4.78 is 4.43. The van der Waals surface area contributed by atoms with E-state index in [1.54, 1.807) is 18.2 Å². The molecule has 1 aromatic carbocycles. The number of alkyl halides is 2. The Morgan fingerprint density at radius 2 is 2.26 bits per heavy atom. The first kappa shape index (κ1) is 14.4. The molecular formula is C13H15Cl2NO3. The molecule has 0 bridgehead atoms. The Morgan fingerprint density at radius 3 is 2.79 bits per heavy atom. The van der Waals surface area contributed by atoms with Crippen molar-refractivity contribution >= 4 is 34.8 Å². The van der Waals surface area contributed by atoms with Crippen molar-refractivity contribution in [1.82, 2.24) is 0 Å². The molecule has 1 fully saturated rings. The predicted octanol–water partition coefficient (Wildman–Crippen LogP) is 2.71. The fourth-order valence-corrected chi connectivity index (χ4v) is 2.31. The Bertz CT molecular complexity index is 491. The SMILES string of the molecule is CCOc1ccc(NC(=O)C2CC2(Cl)Cl)cc1CO. The third-order valence-electron chi connectivity index (χ3n) is 2.94. The quantitative estimate of drug-likeness (QED) is 0.822. The second-order valence-corrected chi connectivity index (χ2v) is 5.96. The van der Waals surface area contributed by atoms with Crippen molar-refractivity contribution in [3.63, 3.8) is 0 Å². The molecule has 1 aliphatic rings. The van der Waals surface area contributed by atoms with Crippen molar-refractivity contribution in [3.8, 4) is 5.75 Å². The summed E-state index contributed by atoms with van der Waals surface area (Å²) in [6, 6.07) is 5.11. The average Bonchev–Trinajstić information content (AvgIpc) is 3.01. The van der Waals surface area contributed by atoms with Gasteiger partial charge in [0.25, 0.3) is 0 Å². The first-order chi connectivity index (χ1) is 8.97. The summed E-state index contributed by atoms with van der Waals surface area (Å²) in [5.74, 6) is 0.0245. The van der Waals surface area contributed by atoms with E-state index < -0.39 is 4.33 Å². The molecule has 0 spiro atoms. The number of rotatable bonds is 5. The smallest absolute Gasteiger partial charge is 0.230 e. The number of benzene rings is 1. The molecule has 19 heavy (non-hydrogen) atoms. The van der Waals surface area contributed by atoms with Crippen LogP contribution in [0.5, 0.6) is 5.75 Å². The molecule has 1 aliphatic carbocycles. The van der Waals surface area contributed by atoms with E-state index in [1.165, 1.54) is 0 Å². The number of ether oxygens (including phenoxy) is 1. The molecule has 0 heterocycles. The van der Waals surface area contributed by atoms with Gasteiger partial charge in [0.1, 0.15) is 10.1 Å². The molecule has 0 saturated heterocycles. The number of carbonyl (C=O) groups is 1. The number of aliphatic hydroxyl groups is 1. The maximum absolute atomic E-state index is 11.8. The van der Waals surface area contributed by atoms with Gasteiger partial charge in [-0.05, 0) is 31.5 Å². The van der Waals surface area contributed by atoms with Crippen LogP contribution in [0, 0.1) is 5.92 Å². The van der Waals surface area contributed by atoms with E-state index in [2.05, 4.69) is 5.32 Å². The molecule has 2 rings (SSSR count). The Labute approximate surface area is 121 Å². The molecule has 1 saturated carbocycles. The zero-order valence-electron chi connectivity index (χ0n) is 10.5. The highest BCUT2D eigenvalue weighted by atomic mass is 35.5. The first-order valence-corrected chi connectivity index (χ1v) is 6.78. The Balaban J connectivity index is 2.07. The van der Waals surface area contributed by atoms with E-state index in [0.717, 1.165) is 0 Å². The van der Waals surface area contributed by atoms with Crippen LogP contribution in [0.3, 0.4) is 0 Å². The normalized spacial score (nSPS) is 19.9. The van der Waals surface area contributed by atoms with Crippen LogP contribution in [0.2, 0.25) is 0 Å². The van der Waals surface area contributed by atoms with Crippen LogP contribution in [0.25, 0.3) is 0 Å². The zero-order valence-corrected chi connectivity index (χ0v) is 12.0. The van der Waals surface area contributed by atoms with Crippen molar-refractivity contribution in [2.75, 3.05) is 11.9 Å². The molecule has 1 aromatic rings. The first-order valence-electron chi connectivity index (χ1n) is 6.03. The summed E-state index contributed by atoms with van der Waals surface area (Å²) in [5.41, 5.74) is 1.21. The minimum absolute atomic E-state index is 0.155. The molecule has 1 atom stereocenters. The van der Waals surface area contributed by atoms with Crippen LogP contribution in [0.4, 0.5) is 5.69 Å². The van der Waals surface area contributed by atoms with E-state index in [4.69, 9.17) is 27.9 Å². The topological polar surface area (TPSA) is 58.6 Å². The fourth-order valence-electron chi connectivity index (χ4n) is 1.80. The van der Waals surface area contributed by atoms with Gasteiger partial charge in [-0.15, -0.1) is 23.2 Å². The van der Waals surface area contributed by atoms with Gasteiger partial charge in [-0.1, -0.05) is 0 Å². The van der Waals surface area contributed by atoms with Gasteiger partial charge >= 0.3 is 0 Å². The molecule has 0 radical (unpaired) electrons. The van der Waals surface area contributed by atoms with Gasteiger partial charge in [0.2, 0.25) is 5.91 Å². The third kappa shape index (κ3) is 3.32. The third-order valence-corrected chi connectivity index (χ3v) is 3.78. The Hall–Kier alpha value is -0.970. The standard InChI is InChI=1S/C13H15Cl2NO3/c1-2-19-11-4-3-9(5-8(11)7-17)16-12(18)10-6-13(10,14)15/h3-5,10,17H,2,6-7H2,1H3,(H,16,18). The largest absolute Gasteiger partial charge is 0.494 e. The van der Waals surface area contributed by atoms with Crippen LogP contribution in [0.1, 0.15) is 18.9 Å². The lowest BCUT2D eigenvalue weighted by atomic mass is 10.2. The Morgan fingerprint density at radius 1 is 1.58 bits per heavy atom. The summed E-state index contributed by atoms with van der Waals surface area (Å²) in [5, 5.41) is 12.0. The van der Waals surface area contributed by atoms with Gasteiger partial charge in [-0.3, -0.25) is 4.79 Å². The summed E-state index contributed by atoms with van der Waals surface area (Å²) in [4.78, 5) is 11.8. The van der Waals surface area contributed by atoms with Crippen LogP contribution in [0.15, 0.2) is 18.2 Å². The van der Waals surface area contributed by atoms with Gasteiger partial charge in [0.05, 0.1) is 19.1 Å². The molecule has 104 valence electrons. The van der Waals surface area contributed by atoms with Crippen molar-refractivity contribution in [2.24, 2.45) is 5.92 Å². The molecule has 1 amide bonds. The lowest BCUT2D eigenvalue weighted by Crippen LogP contribution is -2.17. The molecule has 1 unspecified atom stereocenters. The van der Waals surface area contributed by atoms with Crippen LogP contribution in [-0.4, -0.2) is 22.0 Å². The summed E-state index contributed by atoms with van der Waals surface area (Å²) in [7, 11) is 0. The number of carbonyl (C=O) groups excluding carboxylic acids is 1. The van der Waals surface area contributed by atoms with Crippen molar-refractivity contribution < 1.29 is 14.6 Å². The van der Waals surface area contributed by atoms with Crippen molar-refractivity contribution in [2.45, 2.75) is 24.3 Å². The molecule has 0 aromatic heterocycles. The number of amides is 1. The van der Waals surface area contributed by atoms with Crippen LogP contribution >= 0.6 is 23.2 Å². The molecular weight excluding hydrogens is 289 g/mol. The van der Waals surface area contributed by atoms with E-state index in [-0.39, 0.29) is 18.4 Å². The second-order valence-electron chi connectivity index (χ2n) is 4.42. The van der Waals surface area contributed by atoms with Gasteiger partial charge in [0.15, 0.2) is 0 Å². The average molecular weight is 304 g/mol. The maximum Gasteiger partial charge on any atom is 0.230 e. The van der Waals surface area contributed by atoms with Gasteiger partial charge in [-0.2, -0.15) is 0 Å². The van der Waals surface area contributed by atoms with E-state index in [1.807, 2.05) is 6.92 Å². The predicted molar refractivity (Wildman–Crippen MR) is 74.7 cm³/mol. The fraction of sp³-hybridized carbons (Fsp3) is 0.462. The highest BCUT2D eigenvalue weighted by Crippen LogP contribution is 2.53. The van der Waals surface area contributed by atoms with Crippen LogP contribution < -0.4 is 10.1 Å². The molecule has 2 N–H and O–H groups in total. The van der Waals surface area contributed by atoms with E-state index in [0.29, 0.717) is 30.0 Å². The van der Waals surface area contributed by atoms with Gasteiger partial charge < -0.3 is 15.2 Å². The maximum atomic E-state index is 11.8. The van der Waals surface area contributed by atoms with E-state index >= 15 is 0 Å². The molecule has 0 aliphatic heterocycles. The summed E-state index contributed by atoms with van der Waals surface area (Å²) in [6.07, 6.45) is 0.464. The Kier molecular flexibility index (Phi) is 4.23. The van der Waals surface area contributed by atoms with Crippen molar-refractivity contribution in [1.29, 1.82) is 0 Å². The molecule has 4 nitrogen and oxygen atoms in total. The number of aliphatic hydroxyl groups excluding tert-OH is 1. The minimum atomic E-state index is -0.935. The highest BCUT2D eigenvalue weighted by Gasteiger charge is 2.56. The number of halogens is 2. The minimum Gasteiger partial charge on any atom is -0.494 e. The van der Waals surface area contributed by atoms with Gasteiger partial charge in [-0.25, -0.2) is 0 Å². The summed E-state index contributed by atoms with van der Waals surface area (Å²) >= 11 is 11.7. The summed E-state index contributed by atoms with van der Waals surface area (Å²) in [6.45, 7) is 2.23. The lowest BCUT2D eigenvalue weighted by molar-refractivity contribution is -0.117. The second kappa shape index (κ2) is 5.57. The van der Waals surface area contributed by atoms with Gasteiger partial charge in [0, 0.05) is 11.3 Å². The molecule has 6 heteroatoms. The van der Waals surface area contributed by atoms with Crippen molar-refractivity contribution in [3.05, 3.63) is 23.8 Å². The number of nitrogens with one attached hydrogen (secondary N) is 1. The van der Waals surface area contributed by atoms with E-state index in [9.17, 15) is 9.90 Å². The number of anilines is 1. The highest BCUT2D eigenvalue weighted by molar-refractivity contribution is 6.52. The number of hydrogen-bond donors (Lipinski definition) is 2. The number of hydrogen-bond acceptors (Lipinski definition) is 3. The van der Waals surface area contributed by atoms with Crippen LogP contribution in [-0.2, 0) is 11.4 Å².